The van der Waals surface area contributed by atoms with E-state index in [1.807, 2.05) is 0 Å². The maximum atomic E-state index is 12.2. The van der Waals surface area contributed by atoms with Crippen LogP contribution in [0.5, 0.6) is 0 Å². The van der Waals surface area contributed by atoms with Crippen LogP contribution >= 0.6 is 0 Å². The molecule has 0 N–H and O–H groups in total. The first-order chi connectivity index (χ1) is 13.6. The summed E-state index contributed by atoms with van der Waals surface area (Å²) in [5.41, 5.74) is 6.36. The van der Waals surface area contributed by atoms with E-state index in [9.17, 15) is 9.59 Å². The quantitative estimate of drug-likeness (QED) is 0.324. The van der Waals surface area contributed by atoms with Crippen LogP contribution in [0, 0.1) is 0 Å². The molecule has 0 bridgehead atoms. The molecule has 0 saturated carbocycles. The summed E-state index contributed by atoms with van der Waals surface area (Å²) in [6.07, 6.45) is 3.00. The molecule has 2 nitrogen and oxygen atoms in total. The number of benzene rings is 2. The standard InChI is InChI=1S/C27H36O2/c1-17(2)22-10-13-26(27(15-22)21(7)29)20(6)9-8-19(5)23-11-12-25(18(3)4)24(14-23)16-28/h10-20H,8-9H2,1-7H3. The lowest BCUT2D eigenvalue weighted by molar-refractivity contribution is 0.101. The van der Waals surface area contributed by atoms with Gasteiger partial charge in [0, 0.05) is 11.1 Å². The largest absolute Gasteiger partial charge is 0.298 e. The smallest absolute Gasteiger partial charge is 0.160 e. The van der Waals surface area contributed by atoms with Crippen LogP contribution in [0.1, 0.15) is 128 Å². The minimum Gasteiger partial charge on any atom is -0.298 e. The zero-order valence-electron chi connectivity index (χ0n) is 19.1. The van der Waals surface area contributed by atoms with E-state index in [-0.39, 0.29) is 5.78 Å². The zero-order valence-corrected chi connectivity index (χ0v) is 19.1. The lowest BCUT2D eigenvalue weighted by Gasteiger charge is -2.20. The fourth-order valence-corrected chi connectivity index (χ4v) is 4.02. The van der Waals surface area contributed by atoms with Gasteiger partial charge in [0.2, 0.25) is 0 Å². The van der Waals surface area contributed by atoms with Crippen molar-refractivity contribution in [2.45, 2.75) is 85.0 Å². The van der Waals surface area contributed by atoms with E-state index in [1.165, 1.54) is 11.1 Å². The first-order valence-electron chi connectivity index (χ1n) is 10.9. The highest BCUT2D eigenvalue weighted by molar-refractivity contribution is 5.96. The molecule has 0 amide bonds. The number of aldehydes is 1. The van der Waals surface area contributed by atoms with Gasteiger partial charge in [0.1, 0.15) is 6.29 Å². The van der Waals surface area contributed by atoms with Crippen molar-refractivity contribution in [1.82, 2.24) is 0 Å². The van der Waals surface area contributed by atoms with Gasteiger partial charge in [0.15, 0.2) is 5.78 Å². The molecular weight excluding hydrogens is 356 g/mol. The number of ketones is 1. The average molecular weight is 393 g/mol. The van der Waals surface area contributed by atoms with Gasteiger partial charge >= 0.3 is 0 Å². The van der Waals surface area contributed by atoms with Crippen LogP contribution in [0.2, 0.25) is 0 Å². The zero-order chi connectivity index (χ0) is 21.7. The first-order valence-corrected chi connectivity index (χ1v) is 10.9. The van der Waals surface area contributed by atoms with Gasteiger partial charge in [0.25, 0.3) is 0 Å². The Balaban J connectivity index is 2.15. The molecule has 0 aliphatic rings. The highest BCUT2D eigenvalue weighted by Gasteiger charge is 2.17. The topological polar surface area (TPSA) is 34.1 Å². The second-order valence-electron chi connectivity index (χ2n) is 9.10. The molecule has 156 valence electrons. The van der Waals surface area contributed by atoms with Crippen molar-refractivity contribution in [3.63, 3.8) is 0 Å². The molecule has 29 heavy (non-hydrogen) atoms. The van der Waals surface area contributed by atoms with E-state index in [1.54, 1.807) is 6.92 Å². The summed E-state index contributed by atoms with van der Waals surface area (Å²) in [5.74, 6) is 1.59. The number of hydrogen-bond donors (Lipinski definition) is 0. The van der Waals surface area contributed by atoms with Crippen LogP contribution in [-0.4, -0.2) is 12.1 Å². The van der Waals surface area contributed by atoms with E-state index in [0.29, 0.717) is 23.7 Å². The van der Waals surface area contributed by atoms with E-state index < -0.39 is 0 Å². The van der Waals surface area contributed by atoms with Crippen molar-refractivity contribution < 1.29 is 9.59 Å². The second kappa shape index (κ2) is 10.0. The predicted octanol–water partition coefficient (Wildman–Crippen LogP) is 7.64. The molecule has 0 radical (unpaired) electrons. The Morgan fingerprint density at radius 1 is 0.793 bits per heavy atom. The van der Waals surface area contributed by atoms with Crippen molar-refractivity contribution in [2.24, 2.45) is 0 Å². The van der Waals surface area contributed by atoms with Crippen LogP contribution in [0.15, 0.2) is 36.4 Å². The monoisotopic (exact) mass is 392 g/mol. The minimum absolute atomic E-state index is 0.141. The van der Waals surface area contributed by atoms with Gasteiger partial charge in [-0.1, -0.05) is 65.8 Å². The van der Waals surface area contributed by atoms with E-state index in [0.717, 1.165) is 41.4 Å². The summed E-state index contributed by atoms with van der Waals surface area (Å²) >= 11 is 0. The summed E-state index contributed by atoms with van der Waals surface area (Å²) in [5, 5.41) is 0. The summed E-state index contributed by atoms with van der Waals surface area (Å²) < 4.78 is 0. The van der Waals surface area contributed by atoms with Crippen LogP contribution in [0.4, 0.5) is 0 Å². The van der Waals surface area contributed by atoms with Crippen molar-refractivity contribution in [1.29, 1.82) is 0 Å². The summed E-state index contributed by atoms with van der Waals surface area (Å²) in [6, 6.07) is 12.7. The highest BCUT2D eigenvalue weighted by Crippen LogP contribution is 2.32. The third kappa shape index (κ3) is 5.65. The van der Waals surface area contributed by atoms with Gasteiger partial charge in [-0.15, -0.1) is 0 Å². The van der Waals surface area contributed by atoms with Gasteiger partial charge < -0.3 is 0 Å². The third-order valence-corrected chi connectivity index (χ3v) is 6.12. The fraction of sp³-hybridized carbons (Fsp3) is 0.481. The number of Topliss-reactive ketones (excluding diaryl/α,β-unsaturated/α-hetero) is 1. The Morgan fingerprint density at radius 2 is 1.38 bits per heavy atom. The molecule has 0 aliphatic heterocycles. The summed E-state index contributed by atoms with van der Waals surface area (Å²) in [4.78, 5) is 23.7. The van der Waals surface area contributed by atoms with E-state index in [2.05, 4.69) is 77.9 Å². The molecule has 0 saturated heterocycles. The third-order valence-electron chi connectivity index (χ3n) is 6.12. The Labute approximate surface area is 176 Å². The Hall–Kier alpha value is -2.22. The second-order valence-corrected chi connectivity index (χ2v) is 9.10. The number of carbonyl (C=O) groups excluding carboxylic acids is 2. The lowest BCUT2D eigenvalue weighted by Crippen LogP contribution is -2.07. The molecule has 0 fully saturated rings. The Morgan fingerprint density at radius 3 is 1.93 bits per heavy atom. The van der Waals surface area contributed by atoms with E-state index >= 15 is 0 Å². The van der Waals surface area contributed by atoms with Gasteiger partial charge in [0.05, 0.1) is 0 Å². The maximum Gasteiger partial charge on any atom is 0.160 e. The van der Waals surface area contributed by atoms with Gasteiger partial charge in [-0.05, 0) is 77.8 Å². The van der Waals surface area contributed by atoms with E-state index in [4.69, 9.17) is 0 Å². The number of carbonyl (C=O) groups is 2. The summed E-state index contributed by atoms with van der Waals surface area (Å²) in [6.45, 7) is 14.6. The molecule has 2 aromatic rings. The molecule has 2 unspecified atom stereocenters. The Kier molecular flexibility index (Phi) is 7.96. The molecule has 0 spiro atoms. The van der Waals surface area contributed by atoms with Crippen molar-refractivity contribution in [3.05, 3.63) is 69.8 Å². The summed E-state index contributed by atoms with van der Waals surface area (Å²) in [7, 11) is 0. The average Bonchev–Trinajstić information content (AvgIpc) is 2.70. The van der Waals surface area contributed by atoms with Crippen LogP contribution in [-0.2, 0) is 0 Å². The maximum absolute atomic E-state index is 12.2. The molecule has 0 aliphatic carbocycles. The molecular formula is C27H36O2. The fourth-order valence-electron chi connectivity index (χ4n) is 4.02. The highest BCUT2D eigenvalue weighted by atomic mass is 16.1. The Bertz CT molecular complexity index is 861. The normalized spacial score (nSPS) is 13.6. The SMILES string of the molecule is CC(=O)c1cc(C(C)C)ccc1C(C)CCC(C)c1ccc(C(C)C)c(C=O)c1. The van der Waals surface area contributed by atoms with Gasteiger partial charge in [-0.3, -0.25) is 9.59 Å². The minimum atomic E-state index is 0.141. The molecule has 2 atom stereocenters. The number of hydrogen-bond acceptors (Lipinski definition) is 2. The van der Waals surface area contributed by atoms with Gasteiger partial charge in [-0.25, -0.2) is 0 Å². The van der Waals surface area contributed by atoms with Crippen molar-refractivity contribution in [2.75, 3.05) is 0 Å². The van der Waals surface area contributed by atoms with Crippen LogP contribution < -0.4 is 0 Å². The van der Waals surface area contributed by atoms with Crippen LogP contribution in [0.3, 0.4) is 0 Å². The first kappa shape index (κ1) is 23.1. The van der Waals surface area contributed by atoms with Crippen LogP contribution in [0.25, 0.3) is 0 Å². The van der Waals surface area contributed by atoms with Crippen molar-refractivity contribution >= 4 is 12.1 Å². The molecule has 2 rings (SSSR count). The number of rotatable bonds is 9. The van der Waals surface area contributed by atoms with Crippen molar-refractivity contribution in [3.8, 4) is 0 Å². The molecule has 2 heteroatoms. The lowest BCUT2D eigenvalue weighted by atomic mass is 9.84. The molecule has 2 aromatic carbocycles. The molecule has 0 aromatic heterocycles. The predicted molar refractivity (Wildman–Crippen MR) is 123 cm³/mol. The molecule has 0 heterocycles. The van der Waals surface area contributed by atoms with Gasteiger partial charge in [-0.2, -0.15) is 0 Å².